The zero-order chi connectivity index (χ0) is 32.5. The lowest BCUT2D eigenvalue weighted by Crippen LogP contribution is -2.26. The molecule has 4 rings (SSSR count). The van der Waals surface area contributed by atoms with E-state index >= 15 is 0 Å². The average molecular weight is 602 g/mol. The largest absolute Gasteiger partial charge is 0.416 e. The number of rotatable bonds is 8. The van der Waals surface area contributed by atoms with Gasteiger partial charge in [-0.3, -0.25) is 19.7 Å². The van der Waals surface area contributed by atoms with Gasteiger partial charge in [0, 0.05) is 35.6 Å². The average Bonchev–Trinajstić information content (AvgIpc) is 3.02. The number of Topliss-reactive ketones (excluding diaryl/α,β-unsaturated/α-hetero) is 1. The van der Waals surface area contributed by atoms with E-state index in [0.717, 1.165) is 60.1 Å². The number of benzene rings is 2. The Balaban J connectivity index is 0.000000302. The number of nitrogens with zero attached hydrogens (tertiary/aromatic N) is 3. The van der Waals surface area contributed by atoms with Gasteiger partial charge < -0.3 is 0 Å². The van der Waals surface area contributed by atoms with Crippen LogP contribution in [0.4, 0.5) is 13.2 Å². The lowest BCUT2D eigenvalue weighted by Gasteiger charge is -2.23. The molecule has 4 aromatic rings. The number of pyridine rings is 2. The van der Waals surface area contributed by atoms with Crippen LogP contribution in [0.25, 0.3) is 11.4 Å². The van der Waals surface area contributed by atoms with E-state index in [-0.39, 0.29) is 5.78 Å². The maximum absolute atomic E-state index is 12.9. The molecule has 4 nitrogen and oxygen atoms in total. The van der Waals surface area contributed by atoms with E-state index < -0.39 is 11.7 Å². The van der Waals surface area contributed by atoms with Crippen molar-refractivity contribution in [3.8, 4) is 23.2 Å². The molecule has 2 heterocycles. The molecule has 44 heavy (non-hydrogen) atoms. The number of alkyl halides is 3. The molecular weight excluding hydrogens is 559 g/mol. The Morgan fingerprint density at radius 1 is 0.841 bits per heavy atom. The summed E-state index contributed by atoms with van der Waals surface area (Å²) in [6.45, 7) is 13.7. The monoisotopic (exact) mass is 601 g/mol. The summed E-state index contributed by atoms with van der Waals surface area (Å²) in [5.74, 6) is 6.27. The van der Waals surface area contributed by atoms with E-state index in [1.807, 2.05) is 83.1 Å². The van der Waals surface area contributed by atoms with E-state index in [2.05, 4.69) is 26.7 Å². The van der Waals surface area contributed by atoms with Gasteiger partial charge in [-0.15, -0.1) is 0 Å². The molecule has 0 saturated carbocycles. The number of hydrogen-bond acceptors (Lipinski definition) is 4. The van der Waals surface area contributed by atoms with Gasteiger partial charge in [-0.1, -0.05) is 75.9 Å². The van der Waals surface area contributed by atoms with Crippen molar-refractivity contribution in [1.29, 1.82) is 0 Å². The minimum Gasteiger partial charge on any atom is -0.299 e. The third-order valence-corrected chi connectivity index (χ3v) is 6.47. The Morgan fingerprint density at radius 2 is 1.50 bits per heavy atom. The first kappa shape index (κ1) is 35.9. The fourth-order valence-electron chi connectivity index (χ4n) is 4.33. The second kappa shape index (κ2) is 18.4. The maximum atomic E-state index is 12.9. The molecule has 0 fully saturated rings. The molecule has 0 N–H and O–H groups in total. The van der Waals surface area contributed by atoms with Crippen molar-refractivity contribution in [2.24, 2.45) is 0 Å². The molecule has 232 valence electrons. The molecule has 7 heteroatoms. The lowest BCUT2D eigenvalue weighted by molar-refractivity contribution is -0.138. The van der Waals surface area contributed by atoms with Gasteiger partial charge in [-0.05, 0) is 87.3 Å². The molecule has 2 aromatic carbocycles. The number of carbonyl (C=O) groups excluding carboxylic acids is 1. The van der Waals surface area contributed by atoms with Gasteiger partial charge in [0.15, 0.2) is 5.78 Å². The molecular formula is C37H42F3N3O. The van der Waals surface area contributed by atoms with E-state index in [0.29, 0.717) is 17.7 Å². The van der Waals surface area contributed by atoms with Crippen molar-refractivity contribution in [2.75, 3.05) is 13.1 Å². The Hall–Kier alpha value is -4.28. The van der Waals surface area contributed by atoms with Gasteiger partial charge in [-0.25, -0.2) is 0 Å². The highest BCUT2D eigenvalue weighted by atomic mass is 19.4. The summed E-state index contributed by atoms with van der Waals surface area (Å²) in [5.41, 5.74) is 4.91. The summed E-state index contributed by atoms with van der Waals surface area (Å²) in [5, 5.41) is 0. The number of ketones is 1. The lowest BCUT2D eigenvalue weighted by atomic mass is 10.0. The summed E-state index contributed by atoms with van der Waals surface area (Å²) in [6.07, 6.45) is 1.12. The van der Waals surface area contributed by atoms with Crippen LogP contribution in [-0.4, -0.2) is 33.7 Å². The van der Waals surface area contributed by atoms with Crippen molar-refractivity contribution in [2.45, 2.75) is 67.1 Å². The fourth-order valence-corrected chi connectivity index (χ4v) is 4.33. The Morgan fingerprint density at radius 3 is 2.07 bits per heavy atom. The van der Waals surface area contributed by atoms with Crippen LogP contribution in [0, 0.1) is 18.8 Å². The Kier molecular flexibility index (Phi) is 15.0. The summed E-state index contributed by atoms with van der Waals surface area (Å²) in [4.78, 5) is 22.3. The molecule has 0 bridgehead atoms. The molecule has 0 aliphatic heterocycles. The van der Waals surface area contributed by atoms with Crippen LogP contribution in [0.3, 0.4) is 0 Å². The van der Waals surface area contributed by atoms with Gasteiger partial charge in [0.05, 0.1) is 17.0 Å². The minimum absolute atomic E-state index is 0.0411. The molecule has 0 saturated heterocycles. The third-order valence-electron chi connectivity index (χ3n) is 6.47. The predicted molar refractivity (Wildman–Crippen MR) is 173 cm³/mol. The number of hydrogen-bond donors (Lipinski definition) is 0. The SMILES string of the molecule is CC.CC(=O)c1ccc(C)c(C#Cc2ccc(-c3ccccn3)nc2)c1.CCCN(CCC)Cc1ccccc1C(F)(F)F. The maximum Gasteiger partial charge on any atom is 0.416 e. The van der Waals surface area contributed by atoms with E-state index in [1.54, 1.807) is 31.5 Å². The molecule has 0 unspecified atom stereocenters. The van der Waals surface area contributed by atoms with Crippen LogP contribution in [0.15, 0.2) is 85.2 Å². The van der Waals surface area contributed by atoms with Crippen LogP contribution >= 0.6 is 0 Å². The van der Waals surface area contributed by atoms with Crippen LogP contribution < -0.4 is 0 Å². The Bertz CT molecular complexity index is 1500. The van der Waals surface area contributed by atoms with Crippen molar-refractivity contribution in [3.05, 3.63) is 119 Å². The highest BCUT2D eigenvalue weighted by molar-refractivity contribution is 5.94. The smallest absolute Gasteiger partial charge is 0.299 e. The van der Waals surface area contributed by atoms with Crippen LogP contribution in [0.1, 0.15) is 85.6 Å². The molecule has 0 atom stereocenters. The van der Waals surface area contributed by atoms with Crippen molar-refractivity contribution in [3.63, 3.8) is 0 Å². The molecule has 0 aliphatic rings. The standard InChI is InChI=1S/C21H16N2O.C14H20F3N.C2H6/c1-15-6-9-19(16(2)24)13-18(15)10-7-17-8-11-21(23-14-17)20-5-3-4-12-22-20;1-3-9-18(10-4-2)11-12-7-5-6-8-13(12)14(15,16)17;1-2/h3-6,8-9,11-14H,1-2H3;5-8H,3-4,9-11H2,1-2H3;1-2H3. The van der Waals surface area contributed by atoms with Gasteiger partial charge >= 0.3 is 6.18 Å². The van der Waals surface area contributed by atoms with Gasteiger partial charge in [0.25, 0.3) is 0 Å². The fraction of sp³-hybridized carbons (Fsp3) is 0.324. The number of aromatic nitrogens is 2. The van der Waals surface area contributed by atoms with Crippen molar-refractivity contribution in [1.82, 2.24) is 14.9 Å². The van der Waals surface area contributed by atoms with Crippen molar-refractivity contribution >= 4 is 5.78 Å². The summed E-state index contributed by atoms with van der Waals surface area (Å²) in [7, 11) is 0. The zero-order valence-corrected chi connectivity index (χ0v) is 26.5. The van der Waals surface area contributed by atoms with E-state index in [4.69, 9.17) is 0 Å². The first-order valence-electron chi connectivity index (χ1n) is 15.0. The molecule has 0 spiro atoms. The molecule has 0 aliphatic carbocycles. The topological polar surface area (TPSA) is 46.1 Å². The molecule has 0 amide bonds. The number of halogens is 3. The minimum atomic E-state index is -4.26. The normalized spacial score (nSPS) is 10.5. The number of carbonyl (C=O) groups is 1. The summed E-state index contributed by atoms with van der Waals surface area (Å²) in [6, 6.07) is 21.0. The quantitative estimate of drug-likeness (QED) is 0.149. The van der Waals surface area contributed by atoms with Gasteiger partial charge in [-0.2, -0.15) is 13.2 Å². The highest BCUT2D eigenvalue weighted by Gasteiger charge is 2.33. The second-order valence-electron chi connectivity index (χ2n) is 9.91. The highest BCUT2D eigenvalue weighted by Crippen LogP contribution is 2.32. The van der Waals surface area contributed by atoms with Crippen LogP contribution in [-0.2, 0) is 12.7 Å². The first-order valence-corrected chi connectivity index (χ1v) is 15.0. The second-order valence-corrected chi connectivity index (χ2v) is 9.91. The molecule has 2 aromatic heterocycles. The van der Waals surface area contributed by atoms with Gasteiger partial charge in [0.1, 0.15) is 0 Å². The predicted octanol–water partition coefficient (Wildman–Crippen LogP) is 9.41. The van der Waals surface area contributed by atoms with E-state index in [9.17, 15) is 18.0 Å². The van der Waals surface area contributed by atoms with Gasteiger partial charge in [0.2, 0.25) is 0 Å². The summed E-state index contributed by atoms with van der Waals surface area (Å²) < 4.78 is 38.6. The van der Waals surface area contributed by atoms with Crippen LogP contribution in [0.5, 0.6) is 0 Å². The zero-order valence-electron chi connectivity index (χ0n) is 26.5. The summed E-state index contributed by atoms with van der Waals surface area (Å²) >= 11 is 0. The molecule has 0 radical (unpaired) electrons. The first-order chi connectivity index (χ1) is 21.1. The Labute approximate surface area is 260 Å². The third kappa shape index (κ3) is 11.4. The van der Waals surface area contributed by atoms with Crippen LogP contribution in [0.2, 0.25) is 0 Å². The van der Waals surface area contributed by atoms with E-state index in [1.165, 1.54) is 6.07 Å². The number of aryl methyl sites for hydroxylation is 1. The van der Waals surface area contributed by atoms with Crippen molar-refractivity contribution < 1.29 is 18.0 Å².